The Morgan fingerprint density at radius 2 is 2.23 bits per heavy atom. The fraction of sp³-hybridized carbons (Fsp3) is 0.900. The molecule has 0 aliphatic heterocycles. The summed E-state index contributed by atoms with van der Waals surface area (Å²) in [6, 6.07) is 0. The van der Waals surface area contributed by atoms with E-state index in [1.54, 1.807) is 0 Å². The van der Waals surface area contributed by atoms with Crippen LogP contribution in [0.15, 0.2) is 0 Å². The van der Waals surface area contributed by atoms with Gasteiger partial charge < -0.3 is 0 Å². The van der Waals surface area contributed by atoms with Crippen molar-refractivity contribution < 1.29 is 4.79 Å². The molecular formula is C10H14BrClO. The zero-order chi connectivity index (χ0) is 9.85. The Morgan fingerprint density at radius 1 is 1.62 bits per heavy atom. The predicted molar refractivity (Wildman–Crippen MR) is 57.1 cm³/mol. The molecule has 2 aliphatic rings. The van der Waals surface area contributed by atoms with Crippen LogP contribution < -0.4 is 0 Å². The summed E-state index contributed by atoms with van der Waals surface area (Å²) >= 11 is 9.63. The Morgan fingerprint density at radius 3 is 2.46 bits per heavy atom. The maximum absolute atomic E-state index is 11.8. The van der Waals surface area contributed by atoms with E-state index in [1.807, 2.05) is 0 Å². The van der Waals surface area contributed by atoms with Crippen LogP contribution in [0.4, 0.5) is 0 Å². The summed E-state index contributed by atoms with van der Waals surface area (Å²) < 4.78 is -0.0797. The highest BCUT2D eigenvalue weighted by atomic mass is 79.9. The molecule has 2 aliphatic carbocycles. The second-order valence-electron chi connectivity index (χ2n) is 4.78. The second-order valence-corrected chi connectivity index (χ2v) is 6.66. The van der Waals surface area contributed by atoms with Crippen LogP contribution in [0.5, 0.6) is 0 Å². The Kier molecular flexibility index (Phi) is 2.09. The van der Waals surface area contributed by atoms with E-state index in [4.69, 9.17) is 11.6 Å². The maximum atomic E-state index is 11.8. The third kappa shape index (κ3) is 0.967. The molecular weight excluding hydrogens is 251 g/mol. The molecule has 13 heavy (non-hydrogen) atoms. The largest absolute Gasteiger partial charge is 0.299 e. The van der Waals surface area contributed by atoms with Crippen molar-refractivity contribution in [3.05, 3.63) is 0 Å². The lowest BCUT2D eigenvalue weighted by atomic mass is 9.70. The van der Waals surface area contributed by atoms with Crippen molar-refractivity contribution in [1.82, 2.24) is 0 Å². The van der Waals surface area contributed by atoms with Gasteiger partial charge in [0.1, 0.15) is 5.78 Å². The number of carbonyl (C=O) groups is 1. The Bertz CT molecular complexity index is 266. The highest BCUT2D eigenvalue weighted by Crippen LogP contribution is 2.67. The number of hydrogen-bond donors (Lipinski definition) is 0. The van der Waals surface area contributed by atoms with Gasteiger partial charge in [0, 0.05) is 17.3 Å². The number of ketones is 1. The molecule has 0 saturated heterocycles. The van der Waals surface area contributed by atoms with Gasteiger partial charge >= 0.3 is 0 Å². The van der Waals surface area contributed by atoms with E-state index >= 15 is 0 Å². The smallest absolute Gasteiger partial charge is 0.139 e. The van der Waals surface area contributed by atoms with E-state index < -0.39 is 0 Å². The van der Waals surface area contributed by atoms with Gasteiger partial charge in [-0.25, -0.2) is 0 Å². The standard InChI is InChI=1S/C10H14BrClO/c1-9-4-3-6(5-7(9)13)10(9,2)8(11)12/h6,8H,3-5H2,1-2H3. The van der Waals surface area contributed by atoms with E-state index in [1.165, 1.54) is 0 Å². The zero-order valence-corrected chi connectivity index (χ0v) is 10.3. The van der Waals surface area contributed by atoms with E-state index in [2.05, 4.69) is 29.8 Å². The monoisotopic (exact) mass is 264 g/mol. The van der Waals surface area contributed by atoms with Crippen molar-refractivity contribution in [2.75, 3.05) is 0 Å². The SMILES string of the molecule is CC12CCC(CC1=O)C2(C)C(Cl)Br. The quantitative estimate of drug-likeness (QED) is 0.665. The van der Waals surface area contributed by atoms with Gasteiger partial charge in [-0.15, -0.1) is 11.6 Å². The lowest BCUT2D eigenvalue weighted by Crippen LogP contribution is -2.39. The van der Waals surface area contributed by atoms with Gasteiger partial charge in [-0.2, -0.15) is 0 Å². The average Bonchev–Trinajstić information content (AvgIpc) is 2.40. The van der Waals surface area contributed by atoms with E-state index in [0.717, 1.165) is 19.3 Å². The van der Waals surface area contributed by atoms with Crippen molar-refractivity contribution >= 4 is 33.3 Å². The molecule has 1 nitrogen and oxygen atoms in total. The first kappa shape index (κ1) is 9.97. The molecule has 0 N–H and O–H groups in total. The third-order valence-electron chi connectivity index (χ3n) is 4.53. The van der Waals surface area contributed by atoms with Gasteiger partial charge in [0.05, 0.1) is 4.29 Å². The molecule has 0 aromatic carbocycles. The number of rotatable bonds is 1. The molecule has 2 bridgehead atoms. The summed E-state index contributed by atoms with van der Waals surface area (Å²) in [7, 11) is 0. The van der Waals surface area contributed by atoms with E-state index in [9.17, 15) is 4.79 Å². The van der Waals surface area contributed by atoms with Gasteiger partial charge in [0.25, 0.3) is 0 Å². The Labute approximate surface area is 92.3 Å². The number of fused-ring (bicyclic) bond motifs is 2. The van der Waals surface area contributed by atoms with Crippen LogP contribution in [-0.4, -0.2) is 10.1 Å². The lowest BCUT2D eigenvalue weighted by molar-refractivity contribution is -0.128. The van der Waals surface area contributed by atoms with Crippen LogP contribution in [0.2, 0.25) is 0 Å². The number of hydrogen-bond acceptors (Lipinski definition) is 1. The van der Waals surface area contributed by atoms with Crippen LogP contribution in [0.3, 0.4) is 0 Å². The molecule has 4 unspecified atom stereocenters. The van der Waals surface area contributed by atoms with Crippen LogP contribution >= 0.6 is 27.5 Å². The Balaban J connectivity index is 2.46. The first-order valence-electron chi connectivity index (χ1n) is 4.74. The van der Waals surface area contributed by atoms with Gasteiger partial charge in [0.2, 0.25) is 0 Å². The molecule has 2 rings (SSSR count). The molecule has 74 valence electrons. The fourth-order valence-electron chi connectivity index (χ4n) is 3.10. The summed E-state index contributed by atoms with van der Waals surface area (Å²) in [4.78, 5) is 11.8. The maximum Gasteiger partial charge on any atom is 0.139 e. The zero-order valence-electron chi connectivity index (χ0n) is 7.94. The van der Waals surface area contributed by atoms with Crippen LogP contribution in [0.1, 0.15) is 33.1 Å². The molecule has 0 amide bonds. The lowest BCUT2D eigenvalue weighted by Gasteiger charge is -2.37. The number of halogens is 2. The molecule has 2 fully saturated rings. The predicted octanol–water partition coefficient (Wildman–Crippen LogP) is 3.34. The normalized spacial score (nSPS) is 51.4. The van der Waals surface area contributed by atoms with E-state index in [0.29, 0.717) is 11.7 Å². The molecule has 2 saturated carbocycles. The molecule has 0 spiro atoms. The minimum Gasteiger partial charge on any atom is -0.299 e. The van der Waals surface area contributed by atoms with Crippen LogP contribution in [0, 0.1) is 16.7 Å². The van der Waals surface area contributed by atoms with Gasteiger partial charge in [-0.3, -0.25) is 4.79 Å². The molecule has 3 heteroatoms. The molecule has 4 atom stereocenters. The summed E-state index contributed by atoms with van der Waals surface area (Å²) in [5.74, 6) is 0.906. The van der Waals surface area contributed by atoms with Crippen molar-refractivity contribution in [3.8, 4) is 0 Å². The fourth-order valence-corrected chi connectivity index (χ4v) is 4.40. The second kappa shape index (κ2) is 2.73. The number of carbonyl (C=O) groups excluding carboxylic acids is 1. The number of Topliss-reactive ketones (excluding diaryl/α,β-unsaturated/α-hetero) is 1. The Hall–Kier alpha value is 0.440. The topological polar surface area (TPSA) is 17.1 Å². The highest BCUT2D eigenvalue weighted by Gasteiger charge is 2.66. The summed E-state index contributed by atoms with van der Waals surface area (Å²) in [5.41, 5.74) is -0.209. The first-order valence-corrected chi connectivity index (χ1v) is 6.09. The van der Waals surface area contributed by atoms with Crippen LogP contribution in [0.25, 0.3) is 0 Å². The highest BCUT2D eigenvalue weighted by molar-refractivity contribution is 9.10. The van der Waals surface area contributed by atoms with Crippen molar-refractivity contribution in [2.24, 2.45) is 16.7 Å². The van der Waals surface area contributed by atoms with Gasteiger partial charge in [-0.05, 0) is 18.8 Å². The summed E-state index contributed by atoms with van der Waals surface area (Å²) in [5, 5.41) is 0. The molecule has 0 heterocycles. The van der Waals surface area contributed by atoms with Crippen molar-refractivity contribution in [3.63, 3.8) is 0 Å². The molecule has 0 radical (unpaired) electrons. The summed E-state index contributed by atoms with van der Waals surface area (Å²) in [6.45, 7) is 4.24. The average molecular weight is 266 g/mol. The minimum atomic E-state index is -0.173. The molecule has 0 aromatic heterocycles. The van der Waals surface area contributed by atoms with Crippen LogP contribution in [-0.2, 0) is 4.79 Å². The summed E-state index contributed by atoms with van der Waals surface area (Å²) in [6.07, 6.45) is 2.91. The third-order valence-corrected chi connectivity index (χ3v) is 5.93. The molecule has 0 aromatic rings. The van der Waals surface area contributed by atoms with E-state index in [-0.39, 0.29) is 15.1 Å². The first-order chi connectivity index (χ1) is 5.93. The van der Waals surface area contributed by atoms with Gasteiger partial charge in [-0.1, -0.05) is 29.8 Å². The minimum absolute atomic E-state index is 0.0361. The van der Waals surface area contributed by atoms with Gasteiger partial charge in [0.15, 0.2) is 0 Å². The van der Waals surface area contributed by atoms with Crippen molar-refractivity contribution in [2.45, 2.75) is 37.4 Å². The number of alkyl halides is 2. The van der Waals surface area contributed by atoms with Crippen molar-refractivity contribution in [1.29, 1.82) is 0 Å².